The SMILES string of the molecule is Cc1c(C)c2c(c(C)c1O)C[C@](C)(Cn1ccc(-c3cccc4c3NCC4)n1)O2. The number of nitrogens with zero attached hydrogens (tertiary/aromatic N) is 2. The number of nitrogens with one attached hydrogen (secondary N) is 1. The van der Waals surface area contributed by atoms with Gasteiger partial charge in [0.15, 0.2) is 0 Å². The number of ether oxygens (including phenoxy) is 1. The number of phenols is 1. The topological polar surface area (TPSA) is 59.3 Å². The Hall–Kier alpha value is -2.95. The van der Waals surface area contributed by atoms with Crippen LogP contribution in [0.5, 0.6) is 11.5 Å². The van der Waals surface area contributed by atoms with Crippen LogP contribution in [0.3, 0.4) is 0 Å². The first-order valence-electron chi connectivity index (χ1n) is 10.3. The zero-order chi connectivity index (χ0) is 20.3. The zero-order valence-corrected chi connectivity index (χ0v) is 17.5. The summed E-state index contributed by atoms with van der Waals surface area (Å²) in [4.78, 5) is 0. The number of anilines is 1. The quantitative estimate of drug-likeness (QED) is 0.690. The van der Waals surface area contributed by atoms with E-state index < -0.39 is 5.60 Å². The molecule has 3 heterocycles. The molecule has 0 saturated heterocycles. The molecule has 1 atom stereocenters. The number of phenolic OH excluding ortho intramolecular Hbond substituents is 1. The summed E-state index contributed by atoms with van der Waals surface area (Å²) in [5.74, 6) is 1.32. The van der Waals surface area contributed by atoms with Gasteiger partial charge in [0.25, 0.3) is 0 Å². The van der Waals surface area contributed by atoms with Crippen LogP contribution in [0.25, 0.3) is 11.3 Å². The highest BCUT2D eigenvalue weighted by atomic mass is 16.5. The van der Waals surface area contributed by atoms with E-state index in [1.54, 1.807) is 0 Å². The predicted molar refractivity (Wildman–Crippen MR) is 115 cm³/mol. The molecule has 2 aromatic carbocycles. The van der Waals surface area contributed by atoms with Gasteiger partial charge in [-0.2, -0.15) is 5.10 Å². The van der Waals surface area contributed by atoms with Crippen molar-refractivity contribution in [1.29, 1.82) is 0 Å². The van der Waals surface area contributed by atoms with Gasteiger partial charge in [0.1, 0.15) is 17.1 Å². The summed E-state index contributed by atoms with van der Waals surface area (Å²) in [6.07, 6.45) is 3.86. The van der Waals surface area contributed by atoms with E-state index in [1.165, 1.54) is 11.3 Å². The van der Waals surface area contributed by atoms with Crippen molar-refractivity contribution in [3.8, 4) is 22.8 Å². The first-order chi connectivity index (χ1) is 13.9. The van der Waals surface area contributed by atoms with E-state index in [2.05, 4.69) is 36.5 Å². The number of hydrogen-bond donors (Lipinski definition) is 2. The molecule has 0 amide bonds. The number of rotatable bonds is 3. The summed E-state index contributed by atoms with van der Waals surface area (Å²) < 4.78 is 8.43. The smallest absolute Gasteiger partial charge is 0.130 e. The molecule has 0 aliphatic carbocycles. The fraction of sp³-hybridized carbons (Fsp3) is 0.375. The highest BCUT2D eigenvalue weighted by Crippen LogP contribution is 2.45. The molecule has 29 heavy (non-hydrogen) atoms. The van der Waals surface area contributed by atoms with Gasteiger partial charge in [-0.3, -0.25) is 4.68 Å². The number of para-hydroxylation sites is 1. The van der Waals surface area contributed by atoms with Crippen molar-refractivity contribution < 1.29 is 9.84 Å². The minimum absolute atomic E-state index is 0.390. The van der Waals surface area contributed by atoms with E-state index in [0.717, 1.165) is 58.6 Å². The molecule has 5 rings (SSSR count). The number of aromatic hydroxyl groups is 1. The van der Waals surface area contributed by atoms with Crippen LogP contribution in [-0.2, 0) is 19.4 Å². The number of benzene rings is 2. The molecule has 1 aromatic heterocycles. The van der Waals surface area contributed by atoms with Crippen molar-refractivity contribution in [2.75, 3.05) is 11.9 Å². The fourth-order valence-corrected chi connectivity index (χ4v) is 4.75. The van der Waals surface area contributed by atoms with Crippen LogP contribution >= 0.6 is 0 Å². The lowest BCUT2D eigenvalue weighted by atomic mass is 9.92. The van der Waals surface area contributed by atoms with Crippen molar-refractivity contribution >= 4 is 5.69 Å². The van der Waals surface area contributed by atoms with Gasteiger partial charge < -0.3 is 15.2 Å². The average Bonchev–Trinajstić information content (AvgIpc) is 3.43. The minimum Gasteiger partial charge on any atom is -0.507 e. The third kappa shape index (κ3) is 2.79. The number of aromatic nitrogens is 2. The van der Waals surface area contributed by atoms with E-state index in [-0.39, 0.29) is 0 Å². The lowest BCUT2D eigenvalue weighted by Gasteiger charge is -2.24. The van der Waals surface area contributed by atoms with Crippen LogP contribution in [0.4, 0.5) is 5.69 Å². The first kappa shape index (κ1) is 18.1. The molecular weight excluding hydrogens is 362 g/mol. The van der Waals surface area contributed by atoms with Gasteiger partial charge in [-0.1, -0.05) is 18.2 Å². The van der Waals surface area contributed by atoms with Crippen molar-refractivity contribution in [2.24, 2.45) is 0 Å². The van der Waals surface area contributed by atoms with Crippen LogP contribution in [0.15, 0.2) is 30.5 Å². The maximum atomic E-state index is 10.4. The maximum Gasteiger partial charge on any atom is 0.130 e. The van der Waals surface area contributed by atoms with Crippen molar-refractivity contribution in [3.05, 3.63) is 58.3 Å². The van der Waals surface area contributed by atoms with E-state index in [1.807, 2.05) is 31.6 Å². The molecular formula is C24H27N3O2. The zero-order valence-electron chi connectivity index (χ0n) is 17.5. The van der Waals surface area contributed by atoms with Gasteiger partial charge in [-0.25, -0.2) is 0 Å². The Labute approximate surface area is 171 Å². The second kappa shape index (κ2) is 6.28. The molecule has 0 unspecified atom stereocenters. The molecule has 0 spiro atoms. The van der Waals surface area contributed by atoms with Gasteiger partial charge in [-0.15, -0.1) is 0 Å². The summed E-state index contributed by atoms with van der Waals surface area (Å²) in [5.41, 5.74) is 8.30. The van der Waals surface area contributed by atoms with Gasteiger partial charge in [0.2, 0.25) is 0 Å². The summed E-state index contributed by atoms with van der Waals surface area (Å²) in [7, 11) is 0. The lowest BCUT2D eigenvalue weighted by molar-refractivity contribution is 0.0901. The molecule has 2 aliphatic rings. The van der Waals surface area contributed by atoms with Crippen molar-refractivity contribution in [2.45, 2.75) is 52.7 Å². The first-order valence-corrected chi connectivity index (χ1v) is 10.3. The molecule has 0 bridgehead atoms. The molecule has 0 saturated carbocycles. The lowest BCUT2D eigenvalue weighted by Crippen LogP contribution is -2.36. The Morgan fingerprint density at radius 1 is 1.17 bits per heavy atom. The second-order valence-corrected chi connectivity index (χ2v) is 8.68. The highest BCUT2D eigenvalue weighted by Gasteiger charge is 2.39. The predicted octanol–water partition coefficient (Wildman–Crippen LogP) is 4.54. The third-order valence-electron chi connectivity index (χ3n) is 6.50. The van der Waals surface area contributed by atoms with Gasteiger partial charge >= 0.3 is 0 Å². The van der Waals surface area contributed by atoms with Crippen molar-refractivity contribution in [3.63, 3.8) is 0 Å². The van der Waals surface area contributed by atoms with Gasteiger partial charge in [0, 0.05) is 36.0 Å². The molecule has 0 radical (unpaired) electrons. The maximum absolute atomic E-state index is 10.4. The largest absolute Gasteiger partial charge is 0.507 e. The van der Waals surface area contributed by atoms with E-state index in [0.29, 0.717) is 12.3 Å². The number of fused-ring (bicyclic) bond motifs is 2. The molecule has 2 aliphatic heterocycles. The second-order valence-electron chi connectivity index (χ2n) is 8.68. The molecule has 150 valence electrons. The normalized spacial score (nSPS) is 19.6. The monoisotopic (exact) mass is 389 g/mol. The van der Waals surface area contributed by atoms with E-state index in [9.17, 15) is 5.11 Å². The van der Waals surface area contributed by atoms with E-state index >= 15 is 0 Å². The Morgan fingerprint density at radius 3 is 2.83 bits per heavy atom. The Morgan fingerprint density at radius 2 is 2.00 bits per heavy atom. The molecule has 5 heteroatoms. The van der Waals surface area contributed by atoms with Crippen LogP contribution in [0, 0.1) is 20.8 Å². The molecule has 3 aromatic rings. The van der Waals surface area contributed by atoms with Gasteiger partial charge in [-0.05, 0) is 62.4 Å². The Kier molecular flexibility index (Phi) is 3.92. The Bertz CT molecular complexity index is 1090. The van der Waals surface area contributed by atoms with Crippen LogP contribution in [0.2, 0.25) is 0 Å². The van der Waals surface area contributed by atoms with Crippen LogP contribution in [-0.4, -0.2) is 27.0 Å². The summed E-state index contributed by atoms with van der Waals surface area (Å²) in [6, 6.07) is 8.50. The molecule has 2 N–H and O–H groups in total. The highest BCUT2D eigenvalue weighted by molar-refractivity contribution is 5.79. The third-order valence-corrected chi connectivity index (χ3v) is 6.50. The van der Waals surface area contributed by atoms with Crippen LogP contribution < -0.4 is 10.1 Å². The summed E-state index contributed by atoms with van der Waals surface area (Å²) in [6.45, 7) is 9.72. The Balaban J connectivity index is 1.43. The standard InChI is InChI=1S/C24H27N3O2/c1-14-15(2)23-19(16(3)22(14)28)12-24(4,29-23)13-27-11-9-20(26-27)18-7-5-6-17-8-10-25-21(17)18/h5-7,9,11,25,28H,8,10,12-13H2,1-4H3/t24-/m1/s1. The van der Waals surface area contributed by atoms with Crippen molar-refractivity contribution in [1.82, 2.24) is 9.78 Å². The average molecular weight is 389 g/mol. The minimum atomic E-state index is -0.391. The summed E-state index contributed by atoms with van der Waals surface area (Å²) in [5, 5.41) is 18.8. The fourth-order valence-electron chi connectivity index (χ4n) is 4.75. The number of hydrogen-bond acceptors (Lipinski definition) is 4. The molecule has 0 fully saturated rings. The van der Waals surface area contributed by atoms with Crippen LogP contribution in [0.1, 0.15) is 34.7 Å². The van der Waals surface area contributed by atoms with Gasteiger partial charge in [0.05, 0.1) is 12.2 Å². The summed E-state index contributed by atoms with van der Waals surface area (Å²) >= 11 is 0. The van der Waals surface area contributed by atoms with E-state index in [4.69, 9.17) is 9.84 Å². The molecule has 5 nitrogen and oxygen atoms in total.